The Balaban J connectivity index is 2.26. The SMILES string of the molecule is CN=C(NCCCN(C(C)C)C(C)C)NC1CCN(C(C)C)CC1. The standard InChI is InChI=1S/C19H41N5/c1-15(2)23-13-9-18(10-14-23)22-19(20-7)21-11-8-12-24(16(3)4)17(5)6/h15-18H,8-14H2,1-7H3,(H2,20,21,22). The minimum absolute atomic E-state index is 0.550. The Bertz CT molecular complexity index is 349. The molecule has 2 N–H and O–H groups in total. The number of piperidine rings is 1. The van der Waals surface area contributed by atoms with Gasteiger partial charge in [0.2, 0.25) is 0 Å². The summed E-state index contributed by atoms with van der Waals surface area (Å²) in [7, 11) is 1.87. The molecule has 142 valence electrons. The molecule has 0 aliphatic carbocycles. The van der Waals surface area contributed by atoms with Gasteiger partial charge in [0.05, 0.1) is 0 Å². The van der Waals surface area contributed by atoms with Gasteiger partial charge in [-0.05, 0) is 60.8 Å². The van der Waals surface area contributed by atoms with Gasteiger partial charge in [-0.25, -0.2) is 0 Å². The number of nitrogens with zero attached hydrogens (tertiary/aromatic N) is 3. The maximum absolute atomic E-state index is 4.39. The van der Waals surface area contributed by atoms with Gasteiger partial charge in [-0.15, -0.1) is 0 Å². The number of hydrogen-bond donors (Lipinski definition) is 2. The van der Waals surface area contributed by atoms with Crippen LogP contribution >= 0.6 is 0 Å². The van der Waals surface area contributed by atoms with E-state index in [9.17, 15) is 0 Å². The lowest BCUT2D eigenvalue weighted by molar-refractivity contribution is 0.167. The lowest BCUT2D eigenvalue weighted by Crippen LogP contribution is -2.50. The summed E-state index contributed by atoms with van der Waals surface area (Å²) in [5, 5.41) is 7.08. The number of aliphatic imine (C=N–C) groups is 1. The summed E-state index contributed by atoms with van der Waals surface area (Å²) in [6.45, 7) is 18.1. The van der Waals surface area contributed by atoms with E-state index in [1.165, 1.54) is 25.9 Å². The lowest BCUT2D eigenvalue weighted by Gasteiger charge is -2.35. The second kappa shape index (κ2) is 10.9. The predicted molar refractivity (Wildman–Crippen MR) is 106 cm³/mol. The average molecular weight is 340 g/mol. The highest BCUT2D eigenvalue weighted by Crippen LogP contribution is 2.12. The molecular weight excluding hydrogens is 298 g/mol. The van der Waals surface area contributed by atoms with Crippen LogP contribution in [-0.4, -0.2) is 73.2 Å². The van der Waals surface area contributed by atoms with Crippen LogP contribution in [0.25, 0.3) is 0 Å². The third kappa shape index (κ3) is 7.39. The van der Waals surface area contributed by atoms with Crippen molar-refractivity contribution in [1.29, 1.82) is 0 Å². The van der Waals surface area contributed by atoms with Crippen LogP contribution in [0.2, 0.25) is 0 Å². The van der Waals surface area contributed by atoms with Crippen molar-refractivity contribution in [3.63, 3.8) is 0 Å². The minimum atomic E-state index is 0.550. The molecule has 0 radical (unpaired) electrons. The second-order valence-electron chi connectivity index (χ2n) is 7.83. The van der Waals surface area contributed by atoms with Crippen molar-refractivity contribution in [2.24, 2.45) is 4.99 Å². The van der Waals surface area contributed by atoms with Crippen molar-refractivity contribution in [3.05, 3.63) is 0 Å². The number of likely N-dealkylation sites (tertiary alicyclic amines) is 1. The Morgan fingerprint density at radius 1 is 1.08 bits per heavy atom. The van der Waals surface area contributed by atoms with E-state index in [1.54, 1.807) is 0 Å². The first-order valence-corrected chi connectivity index (χ1v) is 9.82. The van der Waals surface area contributed by atoms with E-state index in [0.717, 1.165) is 25.5 Å². The van der Waals surface area contributed by atoms with Crippen molar-refractivity contribution in [2.45, 2.75) is 85.0 Å². The highest BCUT2D eigenvalue weighted by Gasteiger charge is 2.21. The van der Waals surface area contributed by atoms with Crippen molar-refractivity contribution in [2.75, 3.05) is 33.2 Å². The molecule has 0 aromatic heterocycles. The summed E-state index contributed by atoms with van der Waals surface area (Å²) in [5.41, 5.74) is 0. The van der Waals surface area contributed by atoms with Crippen molar-refractivity contribution in [1.82, 2.24) is 20.4 Å². The molecule has 24 heavy (non-hydrogen) atoms. The Hall–Kier alpha value is -0.810. The zero-order valence-electron chi connectivity index (χ0n) is 17.1. The van der Waals surface area contributed by atoms with Crippen LogP contribution in [0.5, 0.6) is 0 Å². The van der Waals surface area contributed by atoms with Gasteiger partial charge in [-0.2, -0.15) is 0 Å². The highest BCUT2D eigenvalue weighted by molar-refractivity contribution is 5.79. The fourth-order valence-electron chi connectivity index (χ4n) is 3.53. The fourth-order valence-corrected chi connectivity index (χ4v) is 3.53. The van der Waals surface area contributed by atoms with E-state index in [-0.39, 0.29) is 0 Å². The zero-order valence-corrected chi connectivity index (χ0v) is 17.1. The molecule has 0 spiro atoms. The molecule has 1 aliphatic rings. The summed E-state index contributed by atoms with van der Waals surface area (Å²) in [6.07, 6.45) is 3.55. The number of rotatable bonds is 8. The third-order valence-corrected chi connectivity index (χ3v) is 5.04. The Morgan fingerprint density at radius 2 is 1.67 bits per heavy atom. The van der Waals surface area contributed by atoms with Crippen LogP contribution in [0, 0.1) is 0 Å². The van der Waals surface area contributed by atoms with Crippen LogP contribution < -0.4 is 10.6 Å². The number of hydrogen-bond acceptors (Lipinski definition) is 3. The molecule has 1 aliphatic heterocycles. The van der Waals surface area contributed by atoms with Crippen molar-refractivity contribution < 1.29 is 0 Å². The van der Waals surface area contributed by atoms with Gasteiger partial charge in [0.15, 0.2) is 5.96 Å². The maximum atomic E-state index is 4.39. The summed E-state index contributed by atoms with van der Waals surface area (Å²) in [6, 6.07) is 2.42. The first-order valence-electron chi connectivity index (χ1n) is 9.82. The van der Waals surface area contributed by atoms with E-state index in [1.807, 2.05) is 7.05 Å². The van der Waals surface area contributed by atoms with Crippen LogP contribution in [0.1, 0.15) is 60.8 Å². The highest BCUT2D eigenvalue weighted by atomic mass is 15.2. The van der Waals surface area contributed by atoms with Crippen LogP contribution in [0.3, 0.4) is 0 Å². The normalized spacial score (nSPS) is 18.2. The zero-order chi connectivity index (χ0) is 18.1. The van der Waals surface area contributed by atoms with Gasteiger partial charge in [0.25, 0.3) is 0 Å². The predicted octanol–water partition coefficient (Wildman–Crippen LogP) is 2.53. The molecule has 0 unspecified atom stereocenters. The van der Waals surface area contributed by atoms with E-state index < -0.39 is 0 Å². The summed E-state index contributed by atoms with van der Waals surface area (Å²) in [4.78, 5) is 9.49. The van der Waals surface area contributed by atoms with Crippen LogP contribution in [0.15, 0.2) is 4.99 Å². The molecule has 0 amide bonds. The largest absolute Gasteiger partial charge is 0.356 e. The topological polar surface area (TPSA) is 42.9 Å². The molecule has 0 aromatic carbocycles. The first-order chi connectivity index (χ1) is 11.3. The fraction of sp³-hybridized carbons (Fsp3) is 0.947. The smallest absolute Gasteiger partial charge is 0.191 e. The molecule has 5 nitrogen and oxygen atoms in total. The van der Waals surface area contributed by atoms with Crippen LogP contribution in [0.4, 0.5) is 0 Å². The second-order valence-corrected chi connectivity index (χ2v) is 7.83. The van der Waals surface area contributed by atoms with Gasteiger partial charge < -0.3 is 15.5 Å². The molecule has 1 saturated heterocycles. The van der Waals surface area contributed by atoms with Gasteiger partial charge in [-0.3, -0.25) is 9.89 Å². The summed E-state index contributed by atoms with van der Waals surface area (Å²) < 4.78 is 0. The lowest BCUT2D eigenvalue weighted by atomic mass is 10.0. The third-order valence-electron chi connectivity index (χ3n) is 5.04. The van der Waals surface area contributed by atoms with Crippen molar-refractivity contribution >= 4 is 5.96 Å². The molecule has 0 atom stereocenters. The average Bonchev–Trinajstić information content (AvgIpc) is 2.53. The van der Waals surface area contributed by atoms with Gasteiger partial charge in [0, 0.05) is 57.4 Å². The molecule has 0 aromatic rings. The van der Waals surface area contributed by atoms with Crippen LogP contribution in [-0.2, 0) is 0 Å². The molecule has 1 heterocycles. The molecule has 1 fully saturated rings. The monoisotopic (exact) mass is 339 g/mol. The molecular formula is C19H41N5. The van der Waals surface area contributed by atoms with E-state index in [4.69, 9.17) is 0 Å². The summed E-state index contributed by atoms with van der Waals surface area (Å²) in [5.74, 6) is 0.957. The van der Waals surface area contributed by atoms with E-state index >= 15 is 0 Å². The Morgan fingerprint density at radius 3 is 2.12 bits per heavy atom. The number of guanidine groups is 1. The molecule has 0 saturated carbocycles. The van der Waals surface area contributed by atoms with Gasteiger partial charge in [0.1, 0.15) is 0 Å². The first kappa shape index (κ1) is 21.2. The van der Waals surface area contributed by atoms with E-state index in [0.29, 0.717) is 24.2 Å². The van der Waals surface area contributed by atoms with Crippen molar-refractivity contribution in [3.8, 4) is 0 Å². The summed E-state index contributed by atoms with van der Waals surface area (Å²) >= 11 is 0. The quantitative estimate of drug-likeness (QED) is 0.405. The molecule has 0 bridgehead atoms. The Kier molecular flexibility index (Phi) is 9.67. The van der Waals surface area contributed by atoms with Gasteiger partial charge in [-0.1, -0.05) is 0 Å². The van der Waals surface area contributed by atoms with Gasteiger partial charge >= 0.3 is 0 Å². The van der Waals surface area contributed by atoms with E-state index in [2.05, 4.69) is 67.0 Å². The minimum Gasteiger partial charge on any atom is -0.356 e. The number of nitrogens with one attached hydrogen (secondary N) is 2. The molecule has 5 heteroatoms. The molecule has 1 rings (SSSR count). The maximum Gasteiger partial charge on any atom is 0.191 e. The Labute approximate surface area is 150 Å².